The van der Waals surface area contributed by atoms with Crippen LogP contribution in [0.5, 0.6) is 5.75 Å². The number of carbonyl (C=O) groups is 3. The van der Waals surface area contributed by atoms with Crippen molar-refractivity contribution in [1.29, 1.82) is 5.26 Å². The van der Waals surface area contributed by atoms with Crippen LogP contribution in [0.25, 0.3) is 5.52 Å². The summed E-state index contributed by atoms with van der Waals surface area (Å²) >= 11 is 0. The molecule has 2 saturated carbocycles. The van der Waals surface area contributed by atoms with Gasteiger partial charge in [-0.25, -0.2) is 8.91 Å². The van der Waals surface area contributed by atoms with Crippen molar-refractivity contribution in [2.24, 2.45) is 29.1 Å². The molecule has 0 aromatic carbocycles. The Morgan fingerprint density at radius 2 is 1.88 bits per heavy atom. The van der Waals surface area contributed by atoms with E-state index in [2.05, 4.69) is 10.4 Å². The van der Waals surface area contributed by atoms with E-state index in [1.165, 1.54) is 43.5 Å². The lowest BCUT2D eigenvalue weighted by Crippen LogP contribution is -2.60. The van der Waals surface area contributed by atoms with Crippen LogP contribution in [0.15, 0.2) is 24.5 Å². The number of carbonyl (C=O) groups excluding carboxylic acids is 3. The molecule has 1 aliphatic heterocycles. The van der Waals surface area contributed by atoms with Crippen molar-refractivity contribution in [2.45, 2.75) is 64.1 Å². The van der Waals surface area contributed by atoms with Gasteiger partial charge in [-0.1, -0.05) is 20.8 Å². The molecule has 3 aliphatic rings. The van der Waals surface area contributed by atoms with E-state index in [4.69, 9.17) is 4.74 Å². The van der Waals surface area contributed by atoms with Crippen molar-refractivity contribution in [3.63, 3.8) is 0 Å². The molecule has 2 aromatic rings. The first-order valence-corrected chi connectivity index (χ1v) is 13.7. The summed E-state index contributed by atoms with van der Waals surface area (Å²) in [5.74, 6) is -4.88. The summed E-state index contributed by atoms with van der Waals surface area (Å²) in [5.41, 5.74) is -0.381. The number of hydrogen-bond donors (Lipinski definition) is 2. The van der Waals surface area contributed by atoms with Gasteiger partial charge in [-0.3, -0.25) is 14.4 Å². The molecule has 10 nitrogen and oxygen atoms in total. The summed E-state index contributed by atoms with van der Waals surface area (Å²) in [7, 11) is 1.44. The van der Waals surface area contributed by atoms with Crippen molar-refractivity contribution >= 4 is 23.2 Å². The predicted octanol–water partition coefficient (Wildman–Crippen LogP) is 2.94. The van der Waals surface area contributed by atoms with Gasteiger partial charge in [0.2, 0.25) is 11.8 Å². The maximum Gasteiger partial charge on any atom is 0.471 e. The molecule has 3 fully saturated rings. The third kappa shape index (κ3) is 4.92. The number of nitrogens with zero attached hydrogens (tertiary/aromatic N) is 4. The molecule has 1 unspecified atom stereocenters. The number of ether oxygens (including phenoxy) is 1. The Hall–Kier alpha value is -3.89. The molecule has 3 amide bonds. The Morgan fingerprint density at radius 3 is 2.50 bits per heavy atom. The van der Waals surface area contributed by atoms with Crippen LogP contribution >= 0.6 is 0 Å². The van der Waals surface area contributed by atoms with E-state index in [1.54, 1.807) is 18.3 Å². The van der Waals surface area contributed by atoms with Gasteiger partial charge in [-0.05, 0) is 54.1 Å². The topological polar surface area (TPSA) is 129 Å². The third-order valence-corrected chi connectivity index (χ3v) is 8.95. The van der Waals surface area contributed by atoms with Gasteiger partial charge >= 0.3 is 12.1 Å². The number of halogens is 4. The van der Waals surface area contributed by atoms with Crippen LogP contribution in [0.1, 0.15) is 45.2 Å². The number of alkyl halides is 4. The summed E-state index contributed by atoms with van der Waals surface area (Å²) in [4.78, 5) is 41.0. The fourth-order valence-corrected chi connectivity index (χ4v) is 7.11. The Morgan fingerprint density at radius 1 is 1.17 bits per heavy atom. The first-order valence-electron chi connectivity index (χ1n) is 13.7. The molecule has 0 spiro atoms. The second-order valence-corrected chi connectivity index (χ2v) is 12.4. The van der Waals surface area contributed by atoms with E-state index in [1.807, 2.05) is 11.4 Å². The molecular weight excluding hydrogens is 560 g/mol. The minimum absolute atomic E-state index is 0.0334. The minimum Gasteiger partial charge on any atom is -0.494 e. The van der Waals surface area contributed by atoms with Crippen LogP contribution in [-0.4, -0.2) is 70.3 Å². The number of amides is 3. The highest BCUT2D eigenvalue weighted by molar-refractivity contribution is 5.94. The maximum atomic E-state index is 15.0. The summed E-state index contributed by atoms with van der Waals surface area (Å²) in [5, 5.41) is 18.8. The van der Waals surface area contributed by atoms with E-state index >= 15 is 0 Å². The number of methoxy groups -OCH3 is 1. The number of hydrogen-bond acceptors (Lipinski definition) is 6. The van der Waals surface area contributed by atoms with E-state index in [-0.39, 0.29) is 18.4 Å². The standard InChI is InChI=1S/C28H32F4N6O4/c1-27(2,3)23(36-26(41)28(30,31)32)25(40)37-12-16-13-8-14(17(29)9-13)20(16)22(37)24(39)35-18(10-33)15-11-34-38-7-5-6-19(42-4)21(15)38/h5-7,11,13-14,16-18,20,22-23H,8-9,12H2,1-4H3,(H,35,39)(H,36,41)/t13-,14+,16+,17+,18?,20-,22-,23+/m0/s1. The Labute approximate surface area is 239 Å². The zero-order chi connectivity index (χ0) is 30.7. The highest BCUT2D eigenvalue weighted by Gasteiger charge is 2.63. The number of aromatic nitrogens is 2. The average molecular weight is 593 g/mol. The molecule has 0 radical (unpaired) electrons. The predicted molar refractivity (Wildman–Crippen MR) is 139 cm³/mol. The Kier molecular flexibility index (Phi) is 7.35. The molecule has 8 atom stereocenters. The molecule has 2 aliphatic carbocycles. The van der Waals surface area contributed by atoms with Crippen LogP contribution in [0, 0.1) is 40.4 Å². The summed E-state index contributed by atoms with van der Waals surface area (Å²) in [6.07, 6.45) is -2.53. The Balaban J connectivity index is 1.49. The second-order valence-electron chi connectivity index (χ2n) is 12.4. The summed E-state index contributed by atoms with van der Waals surface area (Å²) in [6.45, 7) is 4.54. The van der Waals surface area contributed by atoms with Crippen LogP contribution < -0.4 is 15.4 Å². The molecule has 2 aromatic heterocycles. The quantitative estimate of drug-likeness (QED) is 0.497. The van der Waals surface area contributed by atoms with Gasteiger partial charge in [0.25, 0.3) is 0 Å². The number of likely N-dealkylation sites (tertiary alicyclic amines) is 1. The number of nitrogens with one attached hydrogen (secondary N) is 2. The van der Waals surface area contributed by atoms with E-state index in [0.29, 0.717) is 29.7 Å². The number of rotatable bonds is 6. The molecule has 42 heavy (non-hydrogen) atoms. The number of fused-ring (bicyclic) bond motifs is 6. The maximum absolute atomic E-state index is 15.0. The fraction of sp³-hybridized carbons (Fsp3) is 0.607. The monoisotopic (exact) mass is 592 g/mol. The van der Waals surface area contributed by atoms with E-state index < -0.39 is 65.4 Å². The zero-order valence-electron chi connectivity index (χ0n) is 23.5. The molecule has 2 bridgehead atoms. The van der Waals surface area contributed by atoms with E-state index in [9.17, 15) is 37.2 Å². The lowest BCUT2D eigenvalue weighted by molar-refractivity contribution is -0.176. The first kappa shape index (κ1) is 29.6. The molecule has 14 heteroatoms. The van der Waals surface area contributed by atoms with Gasteiger partial charge in [0, 0.05) is 18.3 Å². The van der Waals surface area contributed by atoms with Crippen LogP contribution in [0.3, 0.4) is 0 Å². The fourth-order valence-electron chi connectivity index (χ4n) is 7.11. The molecule has 5 rings (SSSR count). The average Bonchev–Trinajstić information content (AvgIpc) is 3.68. The van der Waals surface area contributed by atoms with Gasteiger partial charge in [0.1, 0.15) is 35.6 Å². The van der Waals surface area contributed by atoms with Crippen LogP contribution in [-0.2, 0) is 14.4 Å². The van der Waals surface area contributed by atoms with E-state index in [0.717, 1.165) is 0 Å². The van der Waals surface area contributed by atoms with Gasteiger partial charge in [0.05, 0.1) is 19.4 Å². The molecule has 3 heterocycles. The zero-order valence-corrected chi connectivity index (χ0v) is 23.5. The molecule has 2 N–H and O–H groups in total. The van der Waals surface area contributed by atoms with Crippen molar-refractivity contribution < 1.29 is 36.7 Å². The molecule has 1 saturated heterocycles. The highest BCUT2D eigenvalue weighted by Crippen LogP contribution is 2.58. The number of pyridine rings is 1. The van der Waals surface area contributed by atoms with Crippen LogP contribution in [0.2, 0.25) is 0 Å². The normalized spacial score (nSPS) is 28.2. The van der Waals surface area contributed by atoms with Gasteiger partial charge in [-0.15, -0.1) is 0 Å². The summed E-state index contributed by atoms with van der Waals surface area (Å²) in [6, 6.07) is 1.30. The van der Waals surface area contributed by atoms with Crippen molar-refractivity contribution in [3.05, 3.63) is 30.1 Å². The van der Waals surface area contributed by atoms with Gasteiger partial charge in [0.15, 0.2) is 0 Å². The highest BCUT2D eigenvalue weighted by atomic mass is 19.4. The van der Waals surface area contributed by atoms with Crippen molar-refractivity contribution in [1.82, 2.24) is 25.1 Å². The lowest BCUT2D eigenvalue weighted by Gasteiger charge is -2.37. The van der Waals surface area contributed by atoms with Crippen molar-refractivity contribution in [3.8, 4) is 11.8 Å². The van der Waals surface area contributed by atoms with Crippen LogP contribution in [0.4, 0.5) is 17.6 Å². The second kappa shape index (κ2) is 10.4. The molecular formula is C28H32F4N6O4. The minimum atomic E-state index is -5.22. The first-order chi connectivity index (χ1) is 19.7. The molecule has 226 valence electrons. The third-order valence-electron chi connectivity index (χ3n) is 8.95. The largest absolute Gasteiger partial charge is 0.494 e. The SMILES string of the molecule is COc1cccn2ncc(C(C#N)NC(=O)[C@@H]3[C@@H]4[C@H](CN3C(=O)[C@@H](NC(=O)C(F)(F)F)C(C)(C)C)[C@H]3C[C@@H]4[C@H](F)C3)c12. The number of nitriles is 1. The van der Waals surface area contributed by atoms with Gasteiger partial charge < -0.3 is 20.3 Å². The summed E-state index contributed by atoms with van der Waals surface area (Å²) < 4.78 is 61.4. The van der Waals surface area contributed by atoms with Gasteiger partial charge in [-0.2, -0.15) is 23.5 Å². The Bertz CT molecular complexity index is 1450. The smallest absolute Gasteiger partial charge is 0.471 e. The van der Waals surface area contributed by atoms with Crippen molar-refractivity contribution in [2.75, 3.05) is 13.7 Å². The lowest BCUT2D eigenvalue weighted by atomic mass is 9.77.